The number of methoxy groups -OCH3 is 1. The Morgan fingerprint density at radius 1 is 1.32 bits per heavy atom. The smallest absolute Gasteiger partial charge is 0.475 e. The molecule has 1 spiro atoms. The summed E-state index contributed by atoms with van der Waals surface area (Å²) in [6.45, 7) is 3.79. The van der Waals surface area contributed by atoms with E-state index in [0.29, 0.717) is 19.0 Å². The Bertz CT molecular complexity index is 753. The van der Waals surface area contributed by atoms with Crippen LogP contribution in [0.3, 0.4) is 0 Å². The standard InChI is InChI=1S/C18H25FN2O3.C2HF3O2/c1-23-11-17(22)20-8-6-15-7-9-24-18(15)12-21(13-18)10-14-4-2-3-5-16(14)19;3-2(4,5)1(6)7/h2-5,15H,6-13H2,1H3,(H,20,22);(H,6,7). The lowest BCUT2D eigenvalue weighted by molar-refractivity contribution is -0.192. The molecule has 31 heavy (non-hydrogen) atoms. The number of carboxylic acids is 1. The molecule has 7 nitrogen and oxygen atoms in total. The highest BCUT2D eigenvalue weighted by atomic mass is 19.4. The Morgan fingerprint density at radius 2 is 1.97 bits per heavy atom. The lowest BCUT2D eigenvalue weighted by Gasteiger charge is -2.50. The minimum atomic E-state index is -5.08. The summed E-state index contributed by atoms with van der Waals surface area (Å²) in [6, 6.07) is 6.91. The highest BCUT2D eigenvalue weighted by Crippen LogP contribution is 2.42. The van der Waals surface area contributed by atoms with Crippen LogP contribution in [-0.4, -0.2) is 73.6 Å². The predicted molar refractivity (Wildman–Crippen MR) is 102 cm³/mol. The van der Waals surface area contributed by atoms with Crippen LogP contribution in [0.5, 0.6) is 0 Å². The summed E-state index contributed by atoms with van der Waals surface area (Å²) in [5, 5.41) is 10.00. The van der Waals surface area contributed by atoms with Crippen molar-refractivity contribution in [3.63, 3.8) is 0 Å². The average molecular weight is 450 g/mol. The van der Waals surface area contributed by atoms with Gasteiger partial charge in [-0.25, -0.2) is 9.18 Å². The van der Waals surface area contributed by atoms with Gasteiger partial charge in [0.1, 0.15) is 12.4 Å². The number of alkyl halides is 3. The summed E-state index contributed by atoms with van der Waals surface area (Å²) in [6.07, 6.45) is -3.16. The van der Waals surface area contributed by atoms with Gasteiger partial charge in [0.25, 0.3) is 0 Å². The second-order valence-electron chi connectivity index (χ2n) is 7.51. The third kappa shape index (κ3) is 7.15. The van der Waals surface area contributed by atoms with Gasteiger partial charge in [-0.2, -0.15) is 13.2 Å². The van der Waals surface area contributed by atoms with E-state index in [9.17, 15) is 22.4 Å². The fourth-order valence-electron chi connectivity index (χ4n) is 3.80. The molecule has 1 unspecified atom stereocenters. The number of benzene rings is 1. The lowest BCUT2D eigenvalue weighted by Crippen LogP contribution is -2.64. The van der Waals surface area contributed by atoms with Gasteiger partial charge in [0.2, 0.25) is 5.91 Å². The SMILES string of the molecule is COCC(=O)NCCC1CCOC12CN(Cc1ccccc1F)C2.O=C(O)C(F)(F)F. The molecule has 2 N–H and O–H groups in total. The van der Waals surface area contributed by atoms with Crippen molar-refractivity contribution >= 4 is 11.9 Å². The van der Waals surface area contributed by atoms with Crippen LogP contribution in [0.1, 0.15) is 18.4 Å². The maximum atomic E-state index is 13.8. The summed E-state index contributed by atoms with van der Waals surface area (Å²) in [7, 11) is 1.51. The minimum Gasteiger partial charge on any atom is -0.475 e. The van der Waals surface area contributed by atoms with Crippen LogP contribution in [0.15, 0.2) is 24.3 Å². The Balaban J connectivity index is 0.000000423. The van der Waals surface area contributed by atoms with Gasteiger partial charge in [-0.1, -0.05) is 18.2 Å². The van der Waals surface area contributed by atoms with Gasteiger partial charge in [-0.15, -0.1) is 0 Å². The van der Waals surface area contributed by atoms with E-state index in [1.807, 2.05) is 12.1 Å². The van der Waals surface area contributed by atoms with Crippen molar-refractivity contribution in [3.8, 4) is 0 Å². The highest BCUT2D eigenvalue weighted by Gasteiger charge is 2.52. The van der Waals surface area contributed by atoms with Gasteiger partial charge < -0.3 is 19.9 Å². The van der Waals surface area contributed by atoms with Crippen molar-refractivity contribution in [2.24, 2.45) is 5.92 Å². The van der Waals surface area contributed by atoms with Crippen LogP contribution in [0.25, 0.3) is 0 Å². The number of halogens is 4. The summed E-state index contributed by atoms with van der Waals surface area (Å²) in [4.78, 5) is 22.6. The molecule has 0 saturated carbocycles. The van der Waals surface area contributed by atoms with E-state index in [1.165, 1.54) is 13.2 Å². The van der Waals surface area contributed by atoms with E-state index in [2.05, 4.69) is 10.2 Å². The number of amides is 1. The molecular weight excluding hydrogens is 424 g/mol. The molecule has 1 aromatic rings. The first kappa shape index (κ1) is 25.0. The van der Waals surface area contributed by atoms with E-state index in [1.54, 1.807) is 6.07 Å². The van der Waals surface area contributed by atoms with Crippen LogP contribution in [0, 0.1) is 11.7 Å². The number of carbonyl (C=O) groups excluding carboxylic acids is 1. The van der Waals surface area contributed by atoms with E-state index in [0.717, 1.165) is 38.1 Å². The molecule has 0 radical (unpaired) electrons. The monoisotopic (exact) mass is 450 g/mol. The number of rotatable bonds is 7. The van der Waals surface area contributed by atoms with E-state index in [4.69, 9.17) is 19.4 Å². The molecular formula is C20H26F4N2O5. The molecule has 2 fully saturated rings. The molecule has 11 heteroatoms. The van der Waals surface area contributed by atoms with Crippen molar-refractivity contribution < 1.29 is 41.7 Å². The van der Waals surface area contributed by atoms with Gasteiger partial charge in [0.05, 0.1) is 5.60 Å². The fourth-order valence-corrected chi connectivity index (χ4v) is 3.80. The molecule has 2 aliphatic heterocycles. The van der Waals surface area contributed by atoms with Gasteiger partial charge >= 0.3 is 12.1 Å². The minimum absolute atomic E-state index is 0.0831. The molecule has 1 atom stereocenters. The van der Waals surface area contributed by atoms with E-state index in [-0.39, 0.29) is 23.9 Å². The number of carboxylic acid groups (broad SMARTS) is 1. The molecule has 2 aliphatic rings. The molecule has 0 bridgehead atoms. The molecule has 0 aromatic heterocycles. The number of aliphatic carboxylic acids is 1. The molecule has 174 valence electrons. The van der Waals surface area contributed by atoms with Gasteiger partial charge in [0.15, 0.2) is 0 Å². The van der Waals surface area contributed by atoms with E-state index >= 15 is 0 Å². The molecule has 1 amide bonds. The summed E-state index contributed by atoms with van der Waals surface area (Å²) in [5.74, 6) is -2.55. The van der Waals surface area contributed by atoms with Crippen molar-refractivity contribution in [1.29, 1.82) is 0 Å². The summed E-state index contributed by atoms with van der Waals surface area (Å²) in [5.41, 5.74) is 0.616. The number of carbonyl (C=O) groups is 2. The Labute approximate surface area is 177 Å². The molecule has 2 heterocycles. The second kappa shape index (κ2) is 10.9. The first-order valence-corrected chi connectivity index (χ1v) is 9.73. The topological polar surface area (TPSA) is 88.1 Å². The van der Waals surface area contributed by atoms with Crippen LogP contribution in [0.4, 0.5) is 17.6 Å². The highest BCUT2D eigenvalue weighted by molar-refractivity contribution is 5.77. The van der Waals surface area contributed by atoms with Gasteiger partial charge in [-0.3, -0.25) is 9.69 Å². The molecule has 2 saturated heterocycles. The van der Waals surface area contributed by atoms with Crippen LogP contribution >= 0.6 is 0 Å². The molecule has 1 aromatic carbocycles. The average Bonchev–Trinajstić information content (AvgIpc) is 3.07. The zero-order valence-electron chi connectivity index (χ0n) is 17.1. The summed E-state index contributed by atoms with van der Waals surface area (Å²) >= 11 is 0. The first-order valence-electron chi connectivity index (χ1n) is 9.73. The number of nitrogens with zero attached hydrogens (tertiary/aromatic N) is 1. The number of likely N-dealkylation sites (tertiary alicyclic amines) is 1. The van der Waals surface area contributed by atoms with Crippen LogP contribution < -0.4 is 5.32 Å². The van der Waals surface area contributed by atoms with Gasteiger partial charge in [0, 0.05) is 45.5 Å². The van der Waals surface area contributed by atoms with Crippen molar-refractivity contribution in [3.05, 3.63) is 35.6 Å². The fraction of sp³-hybridized carbons (Fsp3) is 0.600. The third-order valence-corrected chi connectivity index (χ3v) is 5.27. The Hall–Kier alpha value is -2.24. The zero-order chi connectivity index (χ0) is 23.1. The van der Waals surface area contributed by atoms with Crippen LogP contribution in [-0.2, 0) is 25.6 Å². The number of hydrogen-bond acceptors (Lipinski definition) is 5. The normalized spacial score (nSPS) is 20.0. The molecule has 3 rings (SSSR count). The quantitative estimate of drug-likeness (QED) is 0.620. The summed E-state index contributed by atoms with van der Waals surface area (Å²) < 4.78 is 56.3. The van der Waals surface area contributed by atoms with Crippen molar-refractivity contribution in [1.82, 2.24) is 10.2 Å². The number of hydrogen-bond donors (Lipinski definition) is 2. The zero-order valence-corrected chi connectivity index (χ0v) is 17.1. The Kier molecular flexibility index (Phi) is 8.78. The first-order chi connectivity index (χ1) is 14.6. The largest absolute Gasteiger partial charge is 0.490 e. The van der Waals surface area contributed by atoms with Crippen LogP contribution in [0.2, 0.25) is 0 Å². The predicted octanol–water partition coefficient (Wildman–Crippen LogP) is 2.20. The second-order valence-corrected chi connectivity index (χ2v) is 7.51. The lowest BCUT2D eigenvalue weighted by atomic mass is 9.78. The number of ether oxygens (including phenoxy) is 2. The van der Waals surface area contributed by atoms with Crippen molar-refractivity contribution in [2.45, 2.75) is 31.2 Å². The Morgan fingerprint density at radius 3 is 2.55 bits per heavy atom. The van der Waals surface area contributed by atoms with Gasteiger partial charge in [-0.05, 0) is 24.8 Å². The maximum Gasteiger partial charge on any atom is 0.490 e. The maximum absolute atomic E-state index is 13.8. The number of nitrogens with one attached hydrogen (secondary N) is 1. The van der Waals surface area contributed by atoms with Crippen molar-refractivity contribution in [2.75, 3.05) is 40.0 Å². The van der Waals surface area contributed by atoms with E-state index < -0.39 is 12.1 Å². The molecule has 0 aliphatic carbocycles. The third-order valence-electron chi connectivity index (χ3n) is 5.27.